The van der Waals surface area contributed by atoms with Gasteiger partial charge in [0.2, 0.25) is 5.95 Å². The molecule has 8 rings (SSSR count). The van der Waals surface area contributed by atoms with Crippen LogP contribution in [0.2, 0.25) is 0 Å². The molecular weight excluding hydrogens is 538 g/mol. The molecule has 3 aromatic heterocycles. The van der Waals surface area contributed by atoms with Gasteiger partial charge in [-0.2, -0.15) is 9.97 Å². The minimum Gasteiger partial charge on any atom is -0.309 e. The average Bonchev–Trinajstić information content (AvgIpc) is 3.58. The van der Waals surface area contributed by atoms with E-state index in [0.717, 1.165) is 38.9 Å². The van der Waals surface area contributed by atoms with Crippen molar-refractivity contribution in [1.82, 2.24) is 24.1 Å². The number of allylic oxidation sites excluding steroid dienone is 4. The van der Waals surface area contributed by atoms with E-state index >= 15 is 0 Å². The summed E-state index contributed by atoms with van der Waals surface area (Å²) in [6.45, 7) is 2.01. The van der Waals surface area contributed by atoms with Gasteiger partial charge in [-0.15, -0.1) is 0 Å². The molecule has 0 fully saturated rings. The SMILES string of the molecule is C/C=C\C=C/Cc1nc(-c2ccccc2)nc(-n2c3ccccc3c3cc4c(cc32)c2ccccc2n4-c2ccccc2)n1. The van der Waals surface area contributed by atoms with E-state index in [9.17, 15) is 0 Å². The standard InChI is InChI=1S/C39H29N5/c1-2-3-4-11-24-37-40-38(27-16-7-5-8-17-27)42-39(41-37)44-34-23-15-13-21-30(34)32-25-35-31(26-36(32)44)29-20-12-14-22-33(29)43(35)28-18-9-6-10-19-28/h2-23,25-26H,24H2,1H3/b3-2-,11-4-. The summed E-state index contributed by atoms with van der Waals surface area (Å²) in [6, 6.07) is 42.5. The van der Waals surface area contributed by atoms with Gasteiger partial charge in [-0.05, 0) is 43.3 Å². The second kappa shape index (κ2) is 10.8. The summed E-state index contributed by atoms with van der Waals surface area (Å²) in [4.78, 5) is 15.0. The minimum atomic E-state index is 0.603. The average molecular weight is 568 g/mol. The topological polar surface area (TPSA) is 48.5 Å². The highest BCUT2D eigenvalue weighted by Gasteiger charge is 2.20. The molecule has 0 N–H and O–H groups in total. The van der Waals surface area contributed by atoms with Gasteiger partial charge >= 0.3 is 0 Å². The Morgan fingerprint density at radius 1 is 0.545 bits per heavy atom. The lowest BCUT2D eigenvalue weighted by Crippen LogP contribution is -2.08. The zero-order valence-corrected chi connectivity index (χ0v) is 24.3. The van der Waals surface area contributed by atoms with Crippen LogP contribution in [-0.2, 0) is 6.42 Å². The van der Waals surface area contributed by atoms with Crippen molar-refractivity contribution in [3.8, 4) is 23.0 Å². The normalized spacial score (nSPS) is 12.1. The second-order valence-electron chi connectivity index (χ2n) is 10.8. The van der Waals surface area contributed by atoms with E-state index in [1.165, 1.54) is 21.8 Å². The van der Waals surface area contributed by atoms with E-state index in [1.54, 1.807) is 0 Å². The molecule has 0 radical (unpaired) electrons. The smallest absolute Gasteiger partial charge is 0.238 e. The molecule has 8 aromatic rings. The summed E-state index contributed by atoms with van der Waals surface area (Å²) in [7, 11) is 0. The predicted molar refractivity (Wildman–Crippen MR) is 182 cm³/mol. The minimum absolute atomic E-state index is 0.603. The highest BCUT2D eigenvalue weighted by molar-refractivity contribution is 6.18. The van der Waals surface area contributed by atoms with E-state index in [2.05, 4.69) is 106 Å². The molecule has 0 atom stereocenters. The molecule has 0 aliphatic heterocycles. The Kier molecular flexibility index (Phi) is 6.34. The molecule has 0 saturated carbocycles. The fourth-order valence-corrected chi connectivity index (χ4v) is 6.18. The first-order valence-electron chi connectivity index (χ1n) is 14.9. The van der Waals surface area contributed by atoms with Gasteiger partial charge in [0.05, 0.1) is 22.1 Å². The highest BCUT2D eigenvalue weighted by Crippen LogP contribution is 2.39. The molecule has 3 heterocycles. The van der Waals surface area contributed by atoms with E-state index in [-0.39, 0.29) is 0 Å². The fourth-order valence-electron chi connectivity index (χ4n) is 6.18. The fraction of sp³-hybridized carbons (Fsp3) is 0.0513. The van der Waals surface area contributed by atoms with Crippen molar-refractivity contribution in [2.45, 2.75) is 13.3 Å². The van der Waals surface area contributed by atoms with Crippen LogP contribution in [0.4, 0.5) is 0 Å². The van der Waals surface area contributed by atoms with Gasteiger partial charge in [0.25, 0.3) is 0 Å². The van der Waals surface area contributed by atoms with Crippen molar-refractivity contribution in [2.24, 2.45) is 0 Å². The number of nitrogens with zero attached hydrogens (tertiary/aromatic N) is 5. The van der Waals surface area contributed by atoms with Crippen LogP contribution in [0.1, 0.15) is 12.7 Å². The Morgan fingerprint density at radius 3 is 1.82 bits per heavy atom. The molecule has 0 amide bonds. The zero-order chi connectivity index (χ0) is 29.5. The van der Waals surface area contributed by atoms with Crippen molar-refractivity contribution >= 4 is 43.6 Å². The third kappa shape index (κ3) is 4.29. The largest absolute Gasteiger partial charge is 0.309 e. The third-order valence-corrected chi connectivity index (χ3v) is 8.12. The molecule has 0 spiro atoms. The summed E-state index contributed by atoms with van der Waals surface area (Å²) < 4.78 is 4.56. The summed E-state index contributed by atoms with van der Waals surface area (Å²) in [5.74, 6) is 2.01. The Balaban J connectivity index is 1.44. The van der Waals surface area contributed by atoms with Crippen LogP contribution in [0.3, 0.4) is 0 Å². The van der Waals surface area contributed by atoms with Gasteiger partial charge in [0.15, 0.2) is 5.82 Å². The van der Waals surface area contributed by atoms with Crippen LogP contribution < -0.4 is 0 Å². The number of rotatable bonds is 6. The van der Waals surface area contributed by atoms with Crippen LogP contribution in [0, 0.1) is 0 Å². The van der Waals surface area contributed by atoms with Gasteiger partial charge < -0.3 is 4.57 Å². The van der Waals surface area contributed by atoms with Gasteiger partial charge in [-0.25, -0.2) is 4.98 Å². The summed E-state index contributed by atoms with van der Waals surface area (Å²) in [5, 5.41) is 4.71. The monoisotopic (exact) mass is 567 g/mol. The van der Waals surface area contributed by atoms with Gasteiger partial charge in [-0.1, -0.05) is 109 Å². The maximum Gasteiger partial charge on any atom is 0.238 e. The van der Waals surface area contributed by atoms with Crippen LogP contribution in [0.5, 0.6) is 0 Å². The van der Waals surface area contributed by atoms with E-state index in [0.29, 0.717) is 18.2 Å². The van der Waals surface area contributed by atoms with Gasteiger partial charge in [0, 0.05) is 39.2 Å². The van der Waals surface area contributed by atoms with Crippen LogP contribution in [0.15, 0.2) is 146 Å². The second-order valence-corrected chi connectivity index (χ2v) is 10.8. The van der Waals surface area contributed by atoms with Crippen LogP contribution in [-0.4, -0.2) is 24.1 Å². The van der Waals surface area contributed by atoms with Crippen molar-refractivity contribution in [3.05, 3.63) is 151 Å². The Hall–Kier alpha value is -5.81. The van der Waals surface area contributed by atoms with E-state index in [1.807, 2.05) is 55.5 Å². The predicted octanol–water partition coefficient (Wildman–Crippen LogP) is 9.41. The van der Waals surface area contributed by atoms with Crippen LogP contribution in [0.25, 0.3) is 66.6 Å². The van der Waals surface area contributed by atoms with Gasteiger partial charge in [0.1, 0.15) is 5.82 Å². The molecule has 44 heavy (non-hydrogen) atoms. The Labute approximate surface area is 255 Å². The van der Waals surface area contributed by atoms with Crippen molar-refractivity contribution < 1.29 is 0 Å². The number of para-hydroxylation sites is 3. The molecular formula is C39H29N5. The maximum atomic E-state index is 5.08. The third-order valence-electron chi connectivity index (χ3n) is 8.12. The van der Waals surface area contributed by atoms with Crippen molar-refractivity contribution in [2.75, 3.05) is 0 Å². The Bertz CT molecular complexity index is 2360. The first-order valence-corrected chi connectivity index (χ1v) is 14.9. The lowest BCUT2D eigenvalue weighted by atomic mass is 10.1. The molecule has 0 aliphatic carbocycles. The van der Waals surface area contributed by atoms with Crippen molar-refractivity contribution in [3.63, 3.8) is 0 Å². The number of fused-ring (bicyclic) bond motifs is 6. The molecule has 5 aromatic carbocycles. The quantitative estimate of drug-likeness (QED) is 0.188. The maximum absolute atomic E-state index is 5.08. The molecule has 5 heteroatoms. The first-order chi connectivity index (χ1) is 21.8. The molecule has 0 aliphatic rings. The molecule has 5 nitrogen and oxygen atoms in total. The number of hydrogen-bond donors (Lipinski definition) is 0. The highest BCUT2D eigenvalue weighted by atomic mass is 15.2. The van der Waals surface area contributed by atoms with Crippen molar-refractivity contribution in [1.29, 1.82) is 0 Å². The number of benzene rings is 5. The lowest BCUT2D eigenvalue weighted by Gasteiger charge is -2.10. The zero-order valence-electron chi connectivity index (χ0n) is 24.3. The lowest BCUT2D eigenvalue weighted by molar-refractivity contribution is 0.883. The summed E-state index contributed by atoms with van der Waals surface area (Å²) in [6.07, 6.45) is 8.75. The van der Waals surface area contributed by atoms with Gasteiger partial charge in [-0.3, -0.25) is 4.57 Å². The first kappa shape index (κ1) is 25.9. The molecule has 0 bridgehead atoms. The molecule has 0 saturated heterocycles. The summed E-state index contributed by atoms with van der Waals surface area (Å²) in [5.41, 5.74) is 6.58. The number of hydrogen-bond acceptors (Lipinski definition) is 3. The summed E-state index contributed by atoms with van der Waals surface area (Å²) >= 11 is 0. The van der Waals surface area contributed by atoms with Crippen LogP contribution >= 0.6 is 0 Å². The molecule has 0 unspecified atom stereocenters. The van der Waals surface area contributed by atoms with E-state index < -0.39 is 0 Å². The van der Waals surface area contributed by atoms with E-state index in [4.69, 9.17) is 15.0 Å². The Morgan fingerprint density at radius 2 is 1.14 bits per heavy atom. The molecule has 210 valence electrons. The number of aromatic nitrogens is 5.